The Kier molecular flexibility index (Phi) is 4.43. The first-order valence-electron chi connectivity index (χ1n) is 8.91. The predicted molar refractivity (Wildman–Crippen MR) is 108 cm³/mol. The summed E-state index contributed by atoms with van der Waals surface area (Å²) in [6.45, 7) is 0. The van der Waals surface area contributed by atoms with Gasteiger partial charge in [-0.05, 0) is 11.6 Å². The Hall–Kier alpha value is -3.46. The molecule has 132 valence electrons. The molecule has 0 saturated carbocycles. The van der Waals surface area contributed by atoms with Gasteiger partial charge in [-0.1, -0.05) is 78.9 Å². The summed E-state index contributed by atoms with van der Waals surface area (Å²) in [5, 5.41) is 0.879. The van der Waals surface area contributed by atoms with Gasteiger partial charge in [0.1, 0.15) is 0 Å². The van der Waals surface area contributed by atoms with E-state index in [2.05, 4.69) is 0 Å². The molecule has 3 aromatic carbocycles. The molecular formula is C24H19NO2. The third-order valence-corrected chi connectivity index (χ3v) is 4.85. The summed E-state index contributed by atoms with van der Waals surface area (Å²) in [5.74, 6) is -0.313. The number of nitrogens with zero attached hydrogens (tertiary/aromatic N) is 1. The highest BCUT2D eigenvalue weighted by Crippen LogP contribution is 2.34. The molecule has 0 aliphatic heterocycles. The van der Waals surface area contributed by atoms with Crippen LogP contribution in [0.5, 0.6) is 0 Å². The second-order valence-electron chi connectivity index (χ2n) is 6.55. The summed E-state index contributed by atoms with van der Waals surface area (Å²) in [6, 6.07) is 26.6. The van der Waals surface area contributed by atoms with Gasteiger partial charge in [-0.15, -0.1) is 0 Å². The van der Waals surface area contributed by atoms with Gasteiger partial charge in [0.15, 0.2) is 11.6 Å². The number of benzene rings is 3. The van der Waals surface area contributed by atoms with Gasteiger partial charge in [0.25, 0.3) is 0 Å². The number of aryl methyl sites for hydroxylation is 1. The number of aromatic nitrogens is 1. The molecule has 0 amide bonds. The van der Waals surface area contributed by atoms with E-state index in [1.165, 1.54) is 0 Å². The average molecular weight is 353 g/mol. The number of hydrogen-bond acceptors (Lipinski definition) is 2. The van der Waals surface area contributed by atoms with E-state index in [1.807, 2.05) is 84.4 Å². The van der Waals surface area contributed by atoms with Crippen LogP contribution in [0.15, 0.2) is 84.9 Å². The van der Waals surface area contributed by atoms with E-state index in [9.17, 15) is 9.59 Å². The molecule has 0 aliphatic carbocycles. The molecule has 0 unspecified atom stereocenters. The van der Waals surface area contributed by atoms with Crippen LogP contribution in [0.25, 0.3) is 22.2 Å². The highest BCUT2D eigenvalue weighted by Gasteiger charge is 2.24. The largest absolute Gasteiger partial charge is 0.343 e. The summed E-state index contributed by atoms with van der Waals surface area (Å²) in [6.07, 6.45) is -0.141. The van der Waals surface area contributed by atoms with Gasteiger partial charge in [0.05, 0.1) is 17.7 Å². The summed E-state index contributed by atoms with van der Waals surface area (Å²) >= 11 is 0. The van der Waals surface area contributed by atoms with Gasteiger partial charge in [0.2, 0.25) is 0 Å². The Morgan fingerprint density at radius 2 is 1.33 bits per heavy atom. The average Bonchev–Trinajstić information content (AvgIpc) is 3.02. The van der Waals surface area contributed by atoms with Gasteiger partial charge in [-0.2, -0.15) is 0 Å². The molecule has 3 nitrogen and oxygen atoms in total. The minimum atomic E-state index is -0.160. The van der Waals surface area contributed by atoms with Gasteiger partial charge in [-0.3, -0.25) is 9.59 Å². The van der Waals surface area contributed by atoms with E-state index < -0.39 is 0 Å². The highest BCUT2D eigenvalue weighted by molar-refractivity contribution is 6.21. The summed E-state index contributed by atoms with van der Waals surface area (Å²) in [5.41, 5.74) is 3.97. The molecule has 4 aromatic rings. The van der Waals surface area contributed by atoms with Crippen LogP contribution >= 0.6 is 0 Å². The van der Waals surface area contributed by atoms with E-state index in [0.717, 1.165) is 22.2 Å². The third kappa shape index (κ3) is 3.08. The first kappa shape index (κ1) is 17.0. The summed E-state index contributed by atoms with van der Waals surface area (Å²) in [7, 11) is 1.96. The molecule has 1 heterocycles. The molecular weight excluding hydrogens is 334 g/mol. The highest BCUT2D eigenvalue weighted by atomic mass is 16.1. The minimum absolute atomic E-state index is 0.141. The van der Waals surface area contributed by atoms with Crippen LogP contribution < -0.4 is 0 Å². The summed E-state index contributed by atoms with van der Waals surface area (Å²) < 4.78 is 2.03. The Balaban J connectivity index is 1.83. The SMILES string of the molecule is Cn1c(-c2ccccc2)c(C(=O)CC(=O)c2ccccc2)c2ccccc21. The lowest BCUT2D eigenvalue weighted by molar-refractivity contribution is 0.0895. The van der Waals surface area contributed by atoms with Crippen molar-refractivity contribution in [2.75, 3.05) is 0 Å². The second kappa shape index (κ2) is 7.04. The van der Waals surface area contributed by atoms with Crippen molar-refractivity contribution < 1.29 is 9.59 Å². The molecule has 4 rings (SSSR count). The zero-order valence-electron chi connectivity index (χ0n) is 15.1. The lowest BCUT2D eigenvalue weighted by Gasteiger charge is -2.08. The van der Waals surface area contributed by atoms with Crippen LogP contribution in [0, 0.1) is 0 Å². The fraction of sp³-hybridized carbons (Fsp3) is 0.0833. The number of ketones is 2. The van der Waals surface area contributed by atoms with Crippen molar-refractivity contribution in [1.82, 2.24) is 4.57 Å². The van der Waals surface area contributed by atoms with Crippen molar-refractivity contribution in [1.29, 1.82) is 0 Å². The van der Waals surface area contributed by atoms with Crippen LogP contribution in [-0.4, -0.2) is 16.1 Å². The smallest absolute Gasteiger partial charge is 0.173 e. The first-order chi connectivity index (χ1) is 13.2. The monoisotopic (exact) mass is 353 g/mol. The van der Waals surface area contributed by atoms with Crippen molar-refractivity contribution in [3.63, 3.8) is 0 Å². The van der Waals surface area contributed by atoms with Gasteiger partial charge < -0.3 is 4.57 Å². The van der Waals surface area contributed by atoms with Crippen LogP contribution in [0.1, 0.15) is 27.1 Å². The maximum atomic E-state index is 13.2. The Labute approximate surface area is 157 Å². The molecule has 0 atom stereocenters. The first-order valence-corrected chi connectivity index (χ1v) is 8.91. The van der Waals surface area contributed by atoms with Crippen molar-refractivity contribution in [3.8, 4) is 11.3 Å². The van der Waals surface area contributed by atoms with Crippen molar-refractivity contribution in [3.05, 3.63) is 96.1 Å². The van der Waals surface area contributed by atoms with E-state index in [-0.39, 0.29) is 18.0 Å². The molecule has 0 radical (unpaired) electrons. The molecule has 0 aliphatic rings. The second-order valence-corrected chi connectivity index (χ2v) is 6.55. The Morgan fingerprint density at radius 3 is 2.04 bits per heavy atom. The molecule has 0 saturated heterocycles. The topological polar surface area (TPSA) is 39.1 Å². The molecule has 0 fully saturated rings. The number of rotatable bonds is 5. The third-order valence-electron chi connectivity index (χ3n) is 4.85. The predicted octanol–water partition coefficient (Wildman–Crippen LogP) is 5.30. The molecule has 3 heteroatoms. The van der Waals surface area contributed by atoms with Gasteiger partial charge in [-0.25, -0.2) is 0 Å². The van der Waals surface area contributed by atoms with E-state index in [1.54, 1.807) is 12.1 Å². The Bertz CT molecular complexity index is 1130. The fourth-order valence-electron chi connectivity index (χ4n) is 3.57. The number of para-hydroxylation sites is 1. The van der Waals surface area contributed by atoms with Crippen LogP contribution in [0.4, 0.5) is 0 Å². The molecule has 1 aromatic heterocycles. The standard InChI is InChI=1S/C24H19NO2/c1-25-20-15-9-8-14-19(20)23(24(25)18-12-6-3-7-13-18)22(27)16-21(26)17-10-4-2-5-11-17/h2-15H,16H2,1H3. The van der Waals surface area contributed by atoms with Crippen molar-refractivity contribution >= 4 is 22.5 Å². The van der Waals surface area contributed by atoms with Crippen molar-refractivity contribution in [2.24, 2.45) is 7.05 Å². The Morgan fingerprint density at radius 1 is 0.741 bits per heavy atom. The number of carbonyl (C=O) groups is 2. The quantitative estimate of drug-likeness (QED) is 0.361. The van der Waals surface area contributed by atoms with E-state index in [4.69, 9.17) is 0 Å². The lowest BCUT2D eigenvalue weighted by atomic mass is 9.97. The number of hydrogen-bond donors (Lipinski definition) is 0. The number of fused-ring (bicyclic) bond motifs is 1. The van der Waals surface area contributed by atoms with Gasteiger partial charge >= 0.3 is 0 Å². The fourth-order valence-corrected chi connectivity index (χ4v) is 3.57. The molecule has 0 bridgehead atoms. The van der Waals surface area contributed by atoms with Crippen molar-refractivity contribution in [2.45, 2.75) is 6.42 Å². The van der Waals surface area contributed by atoms with Crippen LogP contribution in [-0.2, 0) is 7.05 Å². The van der Waals surface area contributed by atoms with E-state index >= 15 is 0 Å². The minimum Gasteiger partial charge on any atom is -0.343 e. The van der Waals surface area contributed by atoms with Crippen LogP contribution in [0.3, 0.4) is 0 Å². The lowest BCUT2D eigenvalue weighted by Crippen LogP contribution is -2.09. The molecule has 0 spiro atoms. The van der Waals surface area contributed by atoms with E-state index in [0.29, 0.717) is 11.1 Å². The molecule has 0 N–H and O–H groups in total. The maximum absolute atomic E-state index is 13.2. The maximum Gasteiger partial charge on any atom is 0.173 e. The normalized spacial score (nSPS) is 10.9. The number of Topliss-reactive ketones (excluding diaryl/α,β-unsaturated/α-hetero) is 2. The zero-order valence-corrected chi connectivity index (χ0v) is 15.1. The van der Waals surface area contributed by atoms with Crippen LogP contribution in [0.2, 0.25) is 0 Å². The zero-order chi connectivity index (χ0) is 18.8. The summed E-state index contributed by atoms with van der Waals surface area (Å²) in [4.78, 5) is 25.8. The molecule has 27 heavy (non-hydrogen) atoms. The number of carbonyl (C=O) groups excluding carboxylic acids is 2. The van der Waals surface area contributed by atoms with Gasteiger partial charge in [0, 0.05) is 23.5 Å².